The topological polar surface area (TPSA) is 3.88 Å². The van der Waals surface area contributed by atoms with Crippen molar-refractivity contribution in [3.8, 4) is 0 Å². The van der Waals surface area contributed by atoms with Crippen LogP contribution in [0, 0.1) is 12.7 Å². The number of nitrogens with zero attached hydrogens (tertiary/aromatic N) is 1. The molecular weight excluding hydrogens is 292 g/mol. The van der Waals surface area contributed by atoms with Gasteiger partial charge in [-0.05, 0) is 18.2 Å². The average molecular weight is 303 g/mol. The standard InChI is InChI=1S/C11H11FN.HI/c1-8-3-4-9-7-10(12)5-6-11(9)13(8)2;/h3-7H,1-2H3;1H/q+1;/p-1. The van der Waals surface area contributed by atoms with Crippen LogP contribution in [0.3, 0.4) is 0 Å². The molecule has 14 heavy (non-hydrogen) atoms. The Hall–Kier alpha value is -0.710. The summed E-state index contributed by atoms with van der Waals surface area (Å²) >= 11 is 0. The molecule has 0 aliphatic heterocycles. The summed E-state index contributed by atoms with van der Waals surface area (Å²) in [5.41, 5.74) is 2.22. The smallest absolute Gasteiger partial charge is 0.212 e. The minimum Gasteiger partial charge on any atom is -1.00 e. The Bertz CT molecular complexity index is 468. The summed E-state index contributed by atoms with van der Waals surface area (Å²) in [6.45, 7) is 2.03. The molecule has 0 bridgehead atoms. The van der Waals surface area contributed by atoms with E-state index in [0.29, 0.717) is 0 Å². The number of aryl methyl sites for hydroxylation is 2. The molecule has 0 radical (unpaired) electrons. The maximum Gasteiger partial charge on any atom is 0.212 e. The van der Waals surface area contributed by atoms with E-state index in [4.69, 9.17) is 0 Å². The van der Waals surface area contributed by atoms with E-state index in [1.807, 2.05) is 26.1 Å². The van der Waals surface area contributed by atoms with Crippen LogP contribution in [0.4, 0.5) is 4.39 Å². The third-order valence-corrected chi connectivity index (χ3v) is 2.38. The fraction of sp³-hybridized carbons (Fsp3) is 0.182. The van der Waals surface area contributed by atoms with Gasteiger partial charge in [0.2, 0.25) is 5.52 Å². The number of benzene rings is 1. The Kier molecular flexibility index (Phi) is 3.42. The highest BCUT2D eigenvalue weighted by atomic mass is 127. The fourth-order valence-corrected chi connectivity index (χ4v) is 1.48. The summed E-state index contributed by atoms with van der Waals surface area (Å²) in [4.78, 5) is 0. The SMILES string of the molecule is Cc1ccc2cc(F)ccc2[n+]1C.[I-]. The van der Waals surface area contributed by atoms with Gasteiger partial charge >= 0.3 is 0 Å². The second-order valence-electron chi connectivity index (χ2n) is 3.24. The van der Waals surface area contributed by atoms with Crippen LogP contribution in [0.1, 0.15) is 5.69 Å². The molecule has 74 valence electrons. The highest BCUT2D eigenvalue weighted by Gasteiger charge is 2.07. The van der Waals surface area contributed by atoms with Gasteiger partial charge in [-0.3, -0.25) is 0 Å². The molecule has 1 aromatic carbocycles. The van der Waals surface area contributed by atoms with E-state index in [1.165, 1.54) is 11.8 Å². The maximum absolute atomic E-state index is 12.9. The molecule has 2 aromatic rings. The summed E-state index contributed by atoms with van der Waals surface area (Å²) in [6, 6.07) is 8.77. The van der Waals surface area contributed by atoms with Gasteiger partial charge in [-0.25, -0.2) is 4.39 Å². The van der Waals surface area contributed by atoms with Crippen molar-refractivity contribution < 1.29 is 32.9 Å². The van der Waals surface area contributed by atoms with Crippen molar-refractivity contribution >= 4 is 10.9 Å². The highest BCUT2D eigenvalue weighted by Crippen LogP contribution is 2.11. The van der Waals surface area contributed by atoms with Gasteiger partial charge < -0.3 is 24.0 Å². The molecule has 0 unspecified atom stereocenters. The predicted octanol–water partition coefficient (Wildman–Crippen LogP) is -0.884. The van der Waals surface area contributed by atoms with Crippen molar-refractivity contribution in [1.29, 1.82) is 0 Å². The van der Waals surface area contributed by atoms with Crippen LogP contribution in [-0.4, -0.2) is 0 Å². The van der Waals surface area contributed by atoms with Crippen LogP contribution < -0.4 is 28.5 Å². The lowest BCUT2D eigenvalue weighted by Crippen LogP contribution is -3.00. The Labute approximate surface area is 99.6 Å². The Morgan fingerprint density at radius 1 is 1.14 bits per heavy atom. The van der Waals surface area contributed by atoms with Crippen LogP contribution in [0.25, 0.3) is 10.9 Å². The van der Waals surface area contributed by atoms with E-state index in [-0.39, 0.29) is 29.8 Å². The lowest BCUT2D eigenvalue weighted by molar-refractivity contribution is -0.651. The molecule has 1 nitrogen and oxygen atoms in total. The number of fused-ring (bicyclic) bond motifs is 1. The third-order valence-electron chi connectivity index (χ3n) is 2.38. The lowest BCUT2D eigenvalue weighted by atomic mass is 10.2. The minimum atomic E-state index is -0.184. The predicted molar refractivity (Wildman–Crippen MR) is 49.8 cm³/mol. The molecule has 0 N–H and O–H groups in total. The average Bonchev–Trinajstić information content (AvgIpc) is 2.12. The van der Waals surface area contributed by atoms with Crippen molar-refractivity contribution in [2.75, 3.05) is 0 Å². The van der Waals surface area contributed by atoms with Gasteiger partial charge in [0.15, 0.2) is 5.69 Å². The van der Waals surface area contributed by atoms with Crippen molar-refractivity contribution in [3.05, 3.63) is 41.8 Å². The van der Waals surface area contributed by atoms with Gasteiger partial charge in [-0.2, -0.15) is 4.57 Å². The summed E-state index contributed by atoms with van der Waals surface area (Å²) in [6.07, 6.45) is 0. The van der Waals surface area contributed by atoms with Crippen molar-refractivity contribution in [3.63, 3.8) is 0 Å². The molecular formula is C11H11FIN. The van der Waals surface area contributed by atoms with E-state index in [0.717, 1.165) is 10.9 Å². The fourth-order valence-electron chi connectivity index (χ4n) is 1.48. The molecule has 0 atom stereocenters. The quantitative estimate of drug-likeness (QED) is 0.439. The van der Waals surface area contributed by atoms with Crippen LogP contribution in [0.2, 0.25) is 0 Å². The summed E-state index contributed by atoms with van der Waals surface area (Å²) in [7, 11) is 1.98. The lowest BCUT2D eigenvalue weighted by Gasteiger charge is -1.98. The van der Waals surface area contributed by atoms with Gasteiger partial charge in [-0.1, -0.05) is 0 Å². The second-order valence-corrected chi connectivity index (χ2v) is 3.24. The molecule has 0 aliphatic carbocycles. The molecule has 0 amide bonds. The summed E-state index contributed by atoms with van der Waals surface area (Å²) in [5, 5.41) is 0.938. The van der Waals surface area contributed by atoms with Gasteiger partial charge in [0, 0.05) is 24.4 Å². The number of hydrogen-bond acceptors (Lipinski definition) is 0. The second kappa shape index (κ2) is 4.21. The molecule has 0 spiro atoms. The first-order chi connectivity index (χ1) is 6.18. The molecule has 1 heterocycles. The van der Waals surface area contributed by atoms with Crippen LogP contribution in [-0.2, 0) is 7.05 Å². The Morgan fingerprint density at radius 2 is 1.86 bits per heavy atom. The number of rotatable bonds is 0. The van der Waals surface area contributed by atoms with E-state index in [1.54, 1.807) is 12.1 Å². The number of pyridine rings is 1. The number of hydrogen-bond donors (Lipinski definition) is 0. The third kappa shape index (κ3) is 1.87. The molecule has 0 saturated carbocycles. The number of halogens is 2. The van der Waals surface area contributed by atoms with E-state index in [2.05, 4.69) is 4.57 Å². The Balaban J connectivity index is 0.000000980. The zero-order chi connectivity index (χ0) is 9.42. The molecule has 0 saturated heterocycles. The van der Waals surface area contributed by atoms with Crippen LogP contribution in [0.15, 0.2) is 30.3 Å². The van der Waals surface area contributed by atoms with Crippen molar-refractivity contribution in [1.82, 2.24) is 0 Å². The van der Waals surface area contributed by atoms with Crippen molar-refractivity contribution in [2.24, 2.45) is 7.05 Å². The van der Waals surface area contributed by atoms with Gasteiger partial charge in [0.25, 0.3) is 0 Å². The minimum absolute atomic E-state index is 0. The summed E-state index contributed by atoms with van der Waals surface area (Å²) < 4.78 is 14.9. The van der Waals surface area contributed by atoms with E-state index >= 15 is 0 Å². The Morgan fingerprint density at radius 3 is 2.57 bits per heavy atom. The monoisotopic (exact) mass is 303 g/mol. The number of aromatic nitrogens is 1. The van der Waals surface area contributed by atoms with Crippen LogP contribution in [0.5, 0.6) is 0 Å². The molecule has 3 heteroatoms. The zero-order valence-electron chi connectivity index (χ0n) is 8.09. The molecule has 2 rings (SSSR count). The maximum atomic E-state index is 12.9. The van der Waals surface area contributed by atoms with E-state index < -0.39 is 0 Å². The van der Waals surface area contributed by atoms with E-state index in [9.17, 15) is 4.39 Å². The molecule has 1 aromatic heterocycles. The highest BCUT2D eigenvalue weighted by molar-refractivity contribution is 5.75. The van der Waals surface area contributed by atoms with Gasteiger partial charge in [-0.15, -0.1) is 0 Å². The van der Waals surface area contributed by atoms with Gasteiger partial charge in [0.05, 0.1) is 0 Å². The van der Waals surface area contributed by atoms with Crippen LogP contribution >= 0.6 is 0 Å². The summed E-state index contributed by atoms with van der Waals surface area (Å²) in [5.74, 6) is -0.184. The van der Waals surface area contributed by atoms with Crippen molar-refractivity contribution in [2.45, 2.75) is 6.92 Å². The normalized spacial score (nSPS) is 9.93. The first-order valence-electron chi connectivity index (χ1n) is 4.23. The zero-order valence-corrected chi connectivity index (χ0v) is 10.2. The van der Waals surface area contributed by atoms with Gasteiger partial charge in [0.1, 0.15) is 12.9 Å². The first kappa shape index (κ1) is 11.4. The first-order valence-corrected chi connectivity index (χ1v) is 4.23. The largest absolute Gasteiger partial charge is 1.00 e. The molecule has 0 fully saturated rings. The molecule has 0 aliphatic rings.